The van der Waals surface area contributed by atoms with Gasteiger partial charge in [-0.05, 0) is 74.2 Å². The van der Waals surface area contributed by atoms with Gasteiger partial charge < -0.3 is 25.3 Å². The third-order valence-corrected chi connectivity index (χ3v) is 9.04. The predicted molar refractivity (Wildman–Crippen MR) is 111 cm³/mol. The highest BCUT2D eigenvalue weighted by molar-refractivity contribution is 5.96. The van der Waals surface area contributed by atoms with E-state index in [1.807, 2.05) is 13.0 Å². The van der Waals surface area contributed by atoms with Gasteiger partial charge in [-0.1, -0.05) is 24.6 Å². The van der Waals surface area contributed by atoms with E-state index in [1.165, 1.54) is 5.57 Å². The van der Waals surface area contributed by atoms with E-state index < -0.39 is 42.1 Å². The van der Waals surface area contributed by atoms with Gasteiger partial charge in [0.1, 0.15) is 12.2 Å². The Morgan fingerprint density at radius 3 is 2.65 bits per heavy atom. The van der Waals surface area contributed by atoms with Crippen LogP contribution in [0.2, 0.25) is 0 Å². The Morgan fingerprint density at radius 2 is 1.97 bits per heavy atom. The zero-order valence-corrected chi connectivity index (χ0v) is 18.2. The molecule has 172 valence electrons. The lowest BCUT2D eigenvalue weighted by Gasteiger charge is -2.60. The molecule has 3 saturated carbocycles. The van der Waals surface area contributed by atoms with Gasteiger partial charge in [-0.15, -0.1) is 0 Å². The number of carboxylic acid groups (broad SMARTS) is 1. The quantitative estimate of drug-likeness (QED) is 0.482. The second kappa shape index (κ2) is 7.67. The highest BCUT2D eigenvalue weighted by atomic mass is 16.6. The van der Waals surface area contributed by atoms with Crippen LogP contribution in [-0.2, 0) is 14.4 Å². The number of Topliss-reactive ketones (excluding diaryl/α,β-unsaturated/α-hetero) is 1. The third kappa shape index (κ3) is 3.26. The van der Waals surface area contributed by atoms with Crippen LogP contribution in [0.5, 0.6) is 0 Å². The SMILES string of the molecule is C[C@]12CC/C(=N\OCC(=O)O)C=C1CCC1C2C(O)C[C@@]2(C)C1CCC2(O)C(=O)CO. The Kier molecular flexibility index (Phi) is 5.55. The Balaban J connectivity index is 1.62. The van der Waals surface area contributed by atoms with E-state index in [9.17, 15) is 24.9 Å². The standard InChI is InChI=1S/C23H33NO7/c1-21-7-5-14(24-31-12-19(28)29)9-13(21)3-4-15-16-6-8-23(30,18(27)11-25)22(16,2)10-17(26)20(15)21/h9,15-17,20,25-26,30H,3-8,10-12H2,1-2H3,(H,28,29)/b24-14+/t15?,16?,17?,20?,21-,22-,23?/m0/s1. The summed E-state index contributed by atoms with van der Waals surface area (Å²) in [6.07, 6.45) is 5.86. The summed E-state index contributed by atoms with van der Waals surface area (Å²) in [5.41, 5.74) is -0.594. The molecule has 8 nitrogen and oxygen atoms in total. The Morgan fingerprint density at radius 1 is 1.23 bits per heavy atom. The fourth-order valence-corrected chi connectivity index (χ4v) is 7.54. The molecule has 0 aromatic heterocycles. The lowest BCUT2D eigenvalue weighted by molar-refractivity contribution is -0.181. The molecule has 31 heavy (non-hydrogen) atoms. The number of oxime groups is 1. The molecule has 8 heteroatoms. The average Bonchev–Trinajstić information content (AvgIpc) is 2.98. The number of aliphatic hydroxyl groups is 3. The maximum Gasteiger partial charge on any atom is 0.344 e. The molecule has 4 aliphatic rings. The van der Waals surface area contributed by atoms with E-state index in [2.05, 4.69) is 12.1 Å². The van der Waals surface area contributed by atoms with E-state index in [4.69, 9.17) is 9.94 Å². The van der Waals surface area contributed by atoms with Gasteiger partial charge in [0.05, 0.1) is 11.8 Å². The summed E-state index contributed by atoms with van der Waals surface area (Å²) in [5, 5.41) is 44.8. The fourth-order valence-electron chi connectivity index (χ4n) is 7.54. The molecule has 4 N–H and O–H groups in total. The molecule has 0 heterocycles. The van der Waals surface area contributed by atoms with Crippen LogP contribution in [0.3, 0.4) is 0 Å². The Labute approximate surface area is 182 Å². The molecule has 0 bridgehead atoms. The van der Waals surface area contributed by atoms with Gasteiger partial charge >= 0.3 is 5.97 Å². The number of carbonyl (C=O) groups is 2. The van der Waals surface area contributed by atoms with Crippen molar-refractivity contribution < 1.29 is 34.9 Å². The lowest BCUT2D eigenvalue weighted by Crippen LogP contribution is -2.62. The largest absolute Gasteiger partial charge is 0.479 e. The van der Waals surface area contributed by atoms with Crippen LogP contribution in [0, 0.1) is 28.6 Å². The van der Waals surface area contributed by atoms with Crippen molar-refractivity contribution in [1.29, 1.82) is 0 Å². The number of ketones is 1. The number of carboxylic acids is 1. The van der Waals surface area contributed by atoms with Gasteiger partial charge in [-0.3, -0.25) is 4.79 Å². The molecule has 5 unspecified atom stereocenters. The molecule has 3 fully saturated rings. The first-order valence-electron chi connectivity index (χ1n) is 11.2. The smallest absolute Gasteiger partial charge is 0.344 e. The molecule has 4 aliphatic carbocycles. The maximum absolute atomic E-state index is 12.5. The Hall–Kier alpha value is -1.77. The predicted octanol–water partition coefficient (Wildman–Crippen LogP) is 1.67. The summed E-state index contributed by atoms with van der Waals surface area (Å²) in [5.74, 6) is -1.26. The van der Waals surface area contributed by atoms with Crippen molar-refractivity contribution in [2.75, 3.05) is 13.2 Å². The third-order valence-electron chi connectivity index (χ3n) is 9.04. The molecule has 7 atom stereocenters. The van der Waals surface area contributed by atoms with Crippen LogP contribution in [0.4, 0.5) is 0 Å². The van der Waals surface area contributed by atoms with E-state index in [0.29, 0.717) is 19.3 Å². The minimum Gasteiger partial charge on any atom is -0.479 e. The zero-order chi connectivity index (χ0) is 22.6. The van der Waals surface area contributed by atoms with Crippen molar-refractivity contribution in [3.05, 3.63) is 11.6 Å². The number of rotatable bonds is 5. The van der Waals surface area contributed by atoms with E-state index in [-0.39, 0.29) is 23.2 Å². The van der Waals surface area contributed by atoms with Crippen molar-refractivity contribution in [3.63, 3.8) is 0 Å². The van der Waals surface area contributed by atoms with E-state index in [0.717, 1.165) is 31.4 Å². The van der Waals surface area contributed by atoms with Gasteiger partial charge in [-0.25, -0.2) is 4.79 Å². The number of allylic oxidation sites excluding steroid dienone is 2. The van der Waals surface area contributed by atoms with E-state index in [1.54, 1.807) is 0 Å². The second-order valence-corrected chi connectivity index (χ2v) is 10.3. The lowest BCUT2D eigenvalue weighted by atomic mass is 9.45. The van der Waals surface area contributed by atoms with Crippen molar-refractivity contribution in [3.8, 4) is 0 Å². The normalized spacial score (nSPS) is 45.3. The van der Waals surface area contributed by atoms with Gasteiger partial charge in [0.25, 0.3) is 0 Å². The summed E-state index contributed by atoms with van der Waals surface area (Å²) in [6.45, 7) is 2.95. The van der Waals surface area contributed by atoms with Crippen LogP contribution in [0.25, 0.3) is 0 Å². The molecule has 0 aliphatic heterocycles. The highest BCUT2D eigenvalue weighted by Crippen LogP contribution is 2.67. The highest BCUT2D eigenvalue weighted by Gasteiger charge is 2.68. The molecular formula is C23H33NO7. The first-order chi connectivity index (χ1) is 14.6. The summed E-state index contributed by atoms with van der Waals surface area (Å²) in [7, 11) is 0. The summed E-state index contributed by atoms with van der Waals surface area (Å²) in [4.78, 5) is 28.0. The summed E-state index contributed by atoms with van der Waals surface area (Å²) >= 11 is 0. The van der Waals surface area contributed by atoms with Gasteiger partial charge in [-0.2, -0.15) is 0 Å². The van der Waals surface area contributed by atoms with Crippen molar-refractivity contribution in [2.45, 2.75) is 70.5 Å². The van der Waals surface area contributed by atoms with Gasteiger partial charge in [0, 0.05) is 5.41 Å². The minimum atomic E-state index is -1.58. The van der Waals surface area contributed by atoms with E-state index >= 15 is 0 Å². The van der Waals surface area contributed by atoms with Crippen molar-refractivity contribution in [1.82, 2.24) is 0 Å². The molecule has 0 radical (unpaired) electrons. The molecule has 0 saturated heterocycles. The van der Waals surface area contributed by atoms with Crippen LogP contribution >= 0.6 is 0 Å². The number of aliphatic hydroxyl groups excluding tert-OH is 2. The number of fused-ring (bicyclic) bond motifs is 5. The molecule has 0 aromatic carbocycles. The average molecular weight is 436 g/mol. The molecular weight excluding hydrogens is 402 g/mol. The summed E-state index contributed by atoms with van der Waals surface area (Å²) < 4.78 is 0. The maximum atomic E-state index is 12.5. The molecule has 4 rings (SSSR count). The number of carbonyl (C=O) groups excluding carboxylic acids is 1. The summed E-state index contributed by atoms with van der Waals surface area (Å²) in [6, 6.07) is 0. The molecule has 0 amide bonds. The monoisotopic (exact) mass is 435 g/mol. The van der Waals surface area contributed by atoms with Gasteiger partial charge in [0.15, 0.2) is 5.78 Å². The van der Waals surface area contributed by atoms with Crippen LogP contribution in [-0.4, -0.2) is 62.8 Å². The first kappa shape index (κ1) is 22.4. The zero-order valence-electron chi connectivity index (χ0n) is 18.2. The van der Waals surface area contributed by atoms with Crippen LogP contribution < -0.4 is 0 Å². The van der Waals surface area contributed by atoms with Crippen molar-refractivity contribution in [2.24, 2.45) is 33.7 Å². The topological polar surface area (TPSA) is 137 Å². The first-order valence-corrected chi connectivity index (χ1v) is 11.2. The fraction of sp³-hybridized carbons (Fsp3) is 0.783. The van der Waals surface area contributed by atoms with Crippen LogP contribution in [0.1, 0.15) is 58.8 Å². The number of aliphatic carboxylic acids is 1. The minimum absolute atomic E-state index is 0.0265. The van der Waals surface area contributed by atoms with Gasteiger partial charge in [0.2, 0.25) is 6.61 Å². The Bertz CT molecular complexity index is 838. The van der Waals surface area contributed by atoms with Crippen LogP contribution in [0.15, 0.2) is 16.8 Å². The molecule has 0 spiro atoms. The molecule has 0 aromatic rings. The number of hydrogen-bond acceptors (Lipinski definition) is 7. The van der Waals surface area contributed by atoms with Crippen molar-refractivity contribution >= 4 is 17.5 Å². The number of hydrogen-bond donors (Lipinski definition) is 4. The number of nitrogens with zero attached hydrogens (tertiary/aromatic N) is 1. The second-order valence-electron chi connectivity index (χ2n) is 10.3.